The third kappa shape index (κ3) is 4.21. The van der Waals surface area contributed by atoms with Gasteiger partial charge in [0.05, 0.1) is 21.0 Å². The van der Waals surface area contributed by atoms with Crippen LogP contribution in [0.4, 0.5) is 5.69 Å². The number of aryl methyl sites for hydroxylation is 1. The van der Waals surface area contributed by atoms with Gasteiger partial charge in [0.2, 0.25) is 5.91 Å². The van der Waals surface area contributed by atoms with E-state index >= 15 is 0 Å². The van der Waals surface area contributed by atoms with Crippen LogP contribution in [0.1, 0.15) is 25.8 Å². The molecule has 5 heteroatoms. The summed E-state index contributed by atoms with van der Waals surface area (Å²) in [6.45, 7) is 8.31. The zero-order valence-corrected chi connectivity index (χ0v) is 13.2. The van der Waals surface area contributed by atoms with Crippen LogP contribution >= 0.6 is 23.1 Å². The summed E-state index contributed by atoms with van der Waals surface area (Å²) < 4.78 is 1.22. The van der Waals surface area contributed by atoms with Crippen molar-refractivity contribution in [3.8, 4) is 0 Å². The fourth-order valence-electron chi connectivity index (χ4n) is 1.60. The molecule has 19 heavy (non-hydrogen) atoms. The molecule has 102 valence electrons. The van der Waals surface area contributed by atoms with E-state index in [4.69, 9.17) is 0 Å². The molecule has 0 atom stereocenters. The van der Waals surface area contributed by atoms with Crippen LogP contribution < -0.4 is 5.32 Å². The number of nitrogens with zero attached hydrogens (tertiary/aromatic N) is 1. The molecule has 3 nitrogen and oxygen atoms in total. The van der Waals surface area contributed by atoms with Gasteiger partial charge < -0.3 is 5.32 Å². The second-order valence-corrected chi connectivity index (χ2v) is 8.40. The highest BCUT2D eigenvalue weighted by Crippen LogP contribution is 2.26. The standard InChI is InChI=1S/C14H18N2OS2/c1-9-15-11-6-5-10(7-12(11)19-9)16-13(17)8-18-14(2,3)4/h5-7H,8H2,1-4H3,(H,16,17). The molecule has 0 aliphatic rings. The molecule has 2 aromatic rings. The van der Waals surface area contributed by atoms with Gasteiger partial charge in [0.25, 0.3) is 0 Å². The highest BCUT2D eigenvalue weighted by Gasteiger charge is 2.13. The van der Waals surface area contributed by atoms with Crippen LogP contribution in [-0.4, -0.2) is 21.4 Å². The maximum atomic E-state index is 11.9. The fraction of sp³-hybridized carbons (Fsp3) is 0.429. The molecule has 0 aliphatic carbocycles. The van der Waals surface area contributed by atoms with Gasteiger partial charge in [-0.2, -0.15) is 0 Å². The number of nitrogens with one attached hydrogen (secondary N) is 1. The lowest BCUT2D eigenvalue weighted by Crippen LogP contribution is -2.18. The number of carbonyl (C=O) groups excluding carboxylic acids is 1. The van der Waals surface area contributed by atoms with Crippen molar-refractivity contribution in [1.82, 2.24) is 4.98 Å². The lowest BCUT2D eigenvalue weighted by atomic mass is 10.3. The predicted octanol–water partition coefficient (Wildman–Crippen LogP) is 4.07. The van der Waals surface area contributed by atoms with Crippen molar-refractivity contribution in [2.45, 2.75) is 32.4 Å². The van der Waals surface area contributed by atoms with Crippen molar-refractivity contribution in [2.75, 3.05) is 11.1 Å². The number of aromatic nitrogens is 1. The number of amides is 1. The Morgan fingerprint density at radius 3 is 2.84 bits per heavy atom. The van der Waals surface area contributed by atoms with Crippen LogP contribution in [0.2, 0.25) is 0 Å². The molecular formula is C14H18N2OS2. The highest BCUT2D eigenvalue weighted by molar-refractivity contribution is 8.01. The summed E-state index contributed by atoms with van der Waals surface area (Å²) in [5.74, 6) is 0.518. The van der Waals surface area contributed by atoms with E-state index < -0.39 is 0 Å². The third-order valence-corrected chi connectivity index (χ3v) is 4.62. The fourth-order valence-corrected chi connectivity index (χ4v) is 3.10. The molecule has 0 bridgehead atoms. The molecule has 1 amide bonds. The summed E-state index contributed by atoms with van der Waals surface area (Å²) >= 11 is 3.29. The molecule has 2 rings (SSSR count). The molecule has 0 unspecified atom stereocenters. The van der Waals surface area contributed by atoms with Crippen LogP contribution in [0.3, 0.4) is 0 Å². The first-order chi connectivity index (χ1) is 8.83. The summed E-state index contributed by atoms with van der Waals surface area (Å²) in [5, 5.41) is 3.98. The van der Waals surface area contributed by atoms with Crippen LogP contribution in [-0.2, 0) is 4.79 Å². The Morgan fingerprint density at radius 1 is 1.42 bits per heavy atom. The van der Waals surface area contributed by atoms with Crippen LogP contribution in [0, 0.1) is 6.92 Å². The zero-order chi connectivity index (χ0) is 14.0. The van der Waals surface area contributed by atoms with E-state index in [0.717, 1.165) is 20.9 Å². The lowest BCUT2D eigenvalue weighted by molar-refractivity contribution is -0.113. The van der Waals surface area contributed by atoms with Crippen LogP contribution in [0.15, 0.2) is 18.2 Å². The number of hydrogen-bond acceptors (Lipinski definition) is 4. The molecule has 0 radical (unpaired) electrons. The predicted molar refractivity (Wildman–Crippen MR) is 85.2 cm³/mol. The van der Waals surface area contributed by atoms with Gasteiger partial charge in [-0.3, -0.25) is 4.79 Å². The number of anilines is 1. The van der Waals surface area contributed by atoms with Crippen LogP contribution in [0.25, 0.3) is 10.2 Å². The van der Waals surface area contributed by atoms with Gasteiger partial charge in [0, 0.05) is 10.4 Å². The maximum absolute atomic E-state index is 11.9. The third-order valence-electron chi connectivity index (χ3n) is 2.42. The monoisotopic (exact) mass is 294 g/mol. The van der Waals surface area contributed by atoms with Gasteiger partial charge in [0.1, 0.15) is 0 Å². The van der Waals surface area contributed by atoms with E-state index in [9.17, 15) is 4.79 Å². The average Bonchev–Trinajstić information content (AvgIpc) is 2.65. The number of benzene rings is 1. The Labute approximate surface area is 121 Å². The molecule has 1 aromatic heterocycles. The van der Waals surface area contributed by atoms with Crippen molar-refractivity contribution in [3.63, 3.8) is 0 Å². The van der Waals surface area contributed by atoms with Crippen molar-refractivity contribution in [3.05, 3.63) is 23.2 Å². The highest BCUT2D eigenvalue weighted by atomic mass is 32.2. The summed E-state index contributed by atoms with van der Waals surface area (Å²) in [6, 6.07) is 5.84. The van der Waals surface area contributed by atoms with Crippen molar-refractivity contribution in [1.29, 1.82) is 0 Å². The normalized spacial score (nSPS) is 11.8. The molecule has 1 aromatic carbocycles. The molecule has 0 fully saturated rings. The number of thioether (sulfide) groups is 1. The number of hydrogen-bond donors (Lipinski definition) is 1. The second-order valence-electron chi connectivity index (χ2n) is 5.36. The number of thiazole rings is 1. The first kappa shape index (κ1) is 14.3. The second kappa shape index (κ2) is 5.51. The van der Waals surface area contributed by atoms with Crippen molar-refractivity contribution < 1.29 is 4.79 Å². The topological polar surface area (TPSA) is 42.0 Å². The van der Waals surface area contributed by atoms with E-state index in [1.165, 1.54) is 0 Å². The molecule has 0 saturated carbocycles. The Balaban J connectivity index is 2.02. The SMILES string of the molecule is Cc1nc2ccc(NC(=O)CSC(C)(C)C)cc2s1. The molecule has 1 N–H and O–H groups in total. The summed E-state index contributed by atoms with van der Waals surface area (Å²) in [6.07, 6.45) is 0. The van der Waals surface area contributed by atoms with Crippen LogP contribution in [0.5, 0.6) is 0 Å². The Bertz CT molecular complexity index is 599. The average molecular weight is 294 g/mol. The largest absolute Gasteiger partial charge is 0.325 e. The van der Waals surface area contributed by atoms with Gasteiger partial charge in [-0.1, -0.05) is 20.8 Å². The Hall–Kier alpha value is -1.07. The van der Waals surface area contributed by atoms with Gasteiger partial charge in [-0.05, 0) is 25.1 Å². The minimum absolute atomic E-state index is 0.0421. The van der Waals surface area contributed by atoms with E-state index in [2.05, 4.69) is 31.1 Å². The minimum Gasteiger partial charge on any atom is -0.325 e. The summed E-state index contributed by atoms with van der Waals surface area (Å²) in [4.78, 5) is 16.3. The molecule has 0 spiro atoms. The first-order valence-electron chi connectivity index (χ1n) is 6.14. The Kier molecular flexibility index (Phi) is 4.16. The molecule has 0 aliphatic heterocycles. The molecule has 0 saturated heterocycles. The van der Waals surface area contributed by atoms with E-state index in [1.54, 1.807) is 23.1 Å². The smallest absolute Gasteiger partial charge is 0.234 e. The molecular weight excluding hydrogens is 276 g/mol. The lowest BCUT2D eigenvalue weighted by Gasteiger charge is -2.16. The Morgan fingerprint density at radius 2 is 2.16 bits per heavy atom. The van der Waals surface area contributed by atoms with E-state index in [0.29, 0.717) is 5.75 Å². The van der Waals surface area contributed by atoms with Crippen molar-refractivity contribution >= 4 is 44.9 Å². The van der Waals surface area contributed by atoms with Gasteiger partial charge in [0.15, 0.2) is 0 Å². The summed E-state index contributed by atoms with van der Waals surface area (Å²) in [5.41, 5.74) is 1.83. The van der Waals surface area contributed by atoms with Gasteiger partial charge in [-0.25, -0.2) is 4.98 Å². The maximum Gasteiger partial charge on any atom is 0.234 e. The van der Waals surface area contributed by atoms with Gasteiger partial charge >= 0.3 is 0 Å². The summed E-state index contributed by atoms with van der Waals surface area (Å²) in [7, 11) is 0. The van der Waals surface area contributed by atoms with E-state index in [1.807, 2.05) is 25.1 Å². The van der Waals surface area contributed by atoms with E-state index in [-0.39, 0.29) is 10.7 Å². The number of rotatable bonds is 3. The number of fused-ring (bicyclic) bond motifs is 1. The van der Waals surface area contributed by atoms with Gasteiger partial charge in [-0.15, -0.1) is 23.1 Å². The van der Waals surface area contributed by atoms with Crippen molar-refractivity contribution in [2.24, 2.45) is 0 Å². The first-order valence-corrected chi connectivity index (χ1v) is 7.95. The quantitative estimate of drug-likeness (QED) is 0.927. The minimum atomic E-state index is 0.0421. The zero-order valence-electron chi connectivity index (χ0n) is 11.6. The number of carbonyl (C=O) groups is 1. The molecule has 1 heterocycles.